The molecule has 0 fully saturated rings. The topological polar surface area (TPSA) is 65.1 Å². The highest BCUT2D eigenvalue weighted by Crippen LogP contribution is 2.29. The number of nitrogens with two attached hydrogens (primary N) is 1. The number of aromatic nitrogens is 2. The molecule has 1 unspecified atom stereocenters. The number of hydrogen-bond acceptors (Lipinski definition) is 4. The van der Waals surface area contributed by atoms with Gasteiger partial charge in [-0.1, -0.05) is 36.8 Å². The number of methoxy groups -OCH3 is 1. The molecule has 0 saturated heterocycles. The van der Waals surface area contributed by atoms with Crippen LogP contribution in [0, 0.1) is 6.92 Å². The lowest BCUT2D eigenvalue weighted by Crippen LogP contribution is -2.31. The van der Waals surface area contributed by atoms with E-state index >= 15 is 0 Å². The van der Waals surface area contributed by atoms with Crippen LogP contribution >= 0.6 is 0 Å². The van der Waals surface area contributed by atoms with Crippen molar-refractivity contribution in [2.45, 2.75) is 32.9 Å². The Morgan fingerprint density at radius 1 is 1.35 bits per heavy atom. The molecule has 5 heteroatoms. The van der Waals surface area contributed by atoms with E-state index in [-0.39, 0.29) is 6.04 Å². The molecule has 2 rings (SSSR count). The van der Waals surface area contributed by atoms with Crippen LogP contribution in [0.5, 0.6) is 5.75 Å². The van der Waals surface area contributed by atoms with Gasteiger partial charge in [-0.3, -0.25) is 10.5 Å². The van der Waals surface area contributed by atoms with Crippen LogP contribution in [-0.4, -0.2) is 16.9 Å². The molecule has 0 spiro atoms. The van der Waals surface area contributed by atoms with Crippen LogP contribution in [0.25, 0.3) is 0 Å². The summed E-state index contributed by atoms with van der Waals surface area (Å²) in [5.41, 5.74) is 6.14. The first kappa shape index (κ1) is 14.6. The number of hydrogen-bond donors (Lipinski definition) is 2. The Bertz CT molecular complexity index is 548. The Morgan fingerprint density at radius 2 is 2.05 bits per heavy atom. The molecule has 0 bridgehead atoms. The Kier molecular flexibility index (Phi) is 4.76. The molecular weight excluding hydrogens is 252 g/mol. The molecule has 1 aromatic carbocycles. The number of nitrogens with zero attached hydrogens (tertiary/aromatic N) is 2. The van der Waals surface area contributed by atoms with Gasteiger partial charge in [-0.25, -0.2) is 5.43 Å². The minimum absolute atomic E-state index is 0.139. The van der Waals surface area contributed by atoms with Crippen LogP contribution in [0.4, 0.5) is 0 Å². The van der Waals surface area contributed by atoms with Gasteiger partial charge in [0, 0.05) is 6.54 Å². The second-order valence-electron chi connectivity index (χ2n) is 4.83. The SMILES string of the molecule is CCCn1ncc(OC)c1C(NN)c1ccc(C)cc1. The number of rotatable bonds is 6. The molecular formula is C15H22N4O. The zero-order valence-corrected chi connectivity index (χ0v) is 12.3. The summed E-state index contributed by atoms with van der Waals surface area (Å²) >= 11 is 0. The minimum Gasteiger partial charge on any atom is -0.493 e. The van der Waals surface area contributed by atoms with E-state index in [1.807, 2.05) is 4.68 Å². The van der Waals surface area contributed by atoms with Gasteiger partial charge in [0.25, 0.3) is 0 Å². The lowest BCUT2D eigenvalue weighted by Gasteiger charge is -2.19. The van der Waals surface area contributed by atoms with Gasteiger partial charge in [-0.05, 0) is 18.9 Å². The summed E-state index contributed by atoms with van der Waals surface area (Å²) in [4.78, 5) is 0. The Morgan fingerprint density at radius 3 is 2.60 bits per heavy atom. The fraction of sp³-hybridized carbons (Fsp3) is 0.400. The summed E-state index contributed by atoms with van der Waals surface area (Å²) in [5, 5.41) is 4.38. The maximum absolute atomic E-state index is 5.78. The number of nitrogens with one attached hydrogen (secondary N) is 1. The number of aryl methyl sites for hydroxylation is 2. The molecule has 2 aromatic rings. The maximum atomic E-state index is 5.78. The highest BCUT2D eigenvalue weighted by atomic mass is 16.5. The molecule has 0 radical (unpaired) electrons. The molecule has 1 heterocycles. The molecule has 20 heavy (non-hydrogen) atoms. The van der Waals surface area contributed by atoms with E-state index in [2.05, 4.69) is 48.6 Å². The average molecular weight is 274 g/mol. The monoisotopic (exact) mass is 274 g/mol. The average Bonchev–Trinajstić information content (AvgIpc) is 2.85. The second-order valence-corrected chi connectivity index (χ2v) is 4.83. The van der Waals surface area contributed by atoms with E-state index in [1.165, 1.54) is 5.56 Å². The quantitative estimate of drug-likeness (QED) is 0.626. The van der Waals surface area contributed by atoms with Crippen LogP contribution < -0.4 is 16.0 Å². The Balaban J connectivity index is 2.44. The normalized spacial score (nSPS) is 12.4. The molecule has 1 aromatic heterocycles. The van der Waals surface area contributed by atoms with Crippen LogP contribution in [0.1, 0.15) is 36.2 Å². The summed E-state index contributed by atoms with van der Waals surface area (Å²) in [7, 11) is 1.65. The summed E-state index contributed by atoms with van der Waals surface area (Å²) in [6.07, 6.45) is 2.74. The lowest BCUT2D eigenvalue weighted by atomic mass is 10.0. The van der Waals surface area contributed by atoms with E-state index in [1.54, 1.807) is 13.3 Å². The molecule has 0 saturated carbocycles. The first-order valence-electron chi connectivity index (χ1n) is 6.83. The van der Waals surface area contributed by atoms with Crippen molar-refractivity contribution in [1.29, 1.82) is 0 Å². The van der Waals surface area contributed by atoms with Crippen LogP contribution in [0.15, 0.2) is 30.5 Å². The minimum atomic E-state index is -0.139. The number of hydrazine groups is 1. The van der Waals surface area contributed by atoms with Gasteiger partial charge in [0.15, 0.2) is 5.75 Å². The van der Waals surface area contributed by atoms with Crippen molar-refractivity contribution in [1.82, 2.24) is 15.2 Å². The standard InChI is InChI=1S/C15H22N4O/c1-4-9-19-15(13(20-3)10-17-19)14(18-16)12-7-5-11(2)6-8-12/h5-8,10,14,18H,4,9,16H2,1-3H3. The third-order valence-electron chi connectivity index (χ3n) is 3.35. The van der Waals surface area contributed by atoms with Crippen LogP contribution in [0.3, 0.4) is 0 Å². The van der Waals surface area contributed by atoms with Crippen molar-refractivity contribution >= 4 is 0 Å². The molecule has 108 valence electrons. The van der Waals surface area contributed by atoms with Gasteiger partial charge >= 0.3 is 0 Å². The highest BCUT2D eigenvalue weighted by molar-refractivity contribution is 5.37. The van der Waals surface area contributed by atoms with Gasteiger partial charge in [0.2, 0.25) is 0 Å². The van der Waals surface area contributed by atoms with Crippen molar-refractivity contribution in [3.63, 3.8) is 0 Å². The van der Waals surface area contributed by atoms with Crippen molar-refractivity contribution in [3.8, 4) is 5.75 Å². The summed E-state index contributed by atoms with van der Waals surface area (Å²) in [6, 6.07) is 8.16. The van der Waals surface area contributed by atoms with E-state index in [9.17, 15) is 0 Å². The fourth-order valence-corrected chi connectivity index (χ4v) is 2.31. The molecule has 5 nitrogen and oxygen atoms in total. The molecule has 0 amide bonds. The molecule has 1 atom stereocenters. The van der Waals surface area contributed by atoms with Gasteiger partial charge in [0.1, 0.15) is 5.69 Å². The summed E-state index contributed by atoms with van der Waals surface area (Å²) < 4.78 is 7.37. The number of benzene rings is 1. The van der Waals surface area contributed by atoms with Crippen LogP contribution in [-0.2, 0) is 6.54 Å². The Hall–Kier alpha value is -1.85. The first-order chi connectivity index (χ1) is 9.71. The molecule has 0 aliphatic heterocycles. The van der Waals surface area contributed by atoms with Crippen molar-refractivity contribution in [2.75, 3.05) is 7.11 Å². The van der Waals surface area contributed by atoms with Crippen molar-refractivity contribution < 1.29 is 4.74 Å². The van der Waals surface area contributed by atoms with E-state index < -0.39 is 0 Å². The molecule has 0 aliphatic carbocycles. The van der Waals surface area contributed by atoms with E-state index in [4.69, 9.17) is 10.6 Å². The van der Waals surface area contributed by atoms with E-state index in [0.29, 0.717) is 0 Å². The summed E-state index contributed by atoms with van der Waals surface area (Å²) in [6.45, 7) is 5.02. The lowest BCUT2D eigenvalue weighted by molar-refractivity contribution is 0.398. The predicted molar refractivity (Wildman–Crippen MR) is 79.4 cm³/mol. The third kappa shape index (κ3) is 2.84. The zero-order chi connectivity index (χ0) is 14.5. The first-order valence-corrected chi connectivity index (χ1v) is 6.83. The van der Waals surface area contributed by atoms with Crippen molar-refractivity contribution in [3.05, 3.63) is 47.3 Å². The second kappa shape index (κ2) is 6.54. The zero-order valence-electron chi connectivity index (χ0n) is 12.3. The molecule has 0 aliphatic rings. The van der Waals surface area contributed by atoms with Gasteiger partial charge < -0.3 is 4.74 Å². The highest BCUT2D eigenvalue weighted by Gasteiger charge is 2.22. The molecule has 3 N–H and O–H groups in total. The smallest absolute Gasteiger partial charge is 0.161 e. The number of ether oxygens (including phenoxy) is 1. The van der Waals surface area contributed by atoms with E-state index in [0.717, 1.165) is 30.0 Å². The fourth-order valence-electron chi connectivity index (χ4n) is 2.31. The van der Waals surface area contributed by atoms with Gasteiger partial charge in [0.05, 0.1) is 19.3 Å². The van der Waals surface area contributed by atoms with Crippen LogP contribution in [0.2, 0.25) is 0 Å². The predicted octanol–water partition coefficient (Wildman–Crippen LogP) is 2.16. The largest absolute Gasteiger partial charge is 0.493 e. The van der Waals surface area contributed by atoms with Gasteiger partial charge in [-0.2, -0.15) is 5.10 Å². The van der Waals surface area contributed by atoms with Gasteiger partial charge in [-0.15, -0.1) is 0 Å². The maximum Gasteiger partial charge on any atom is 0.161 e. The van der Waals surface area contributed by atoms with Crippen molar-refractivity contribution in [2.24, 2.45) is 5.84 Å². The third-order valence-corrected chi connectivity index (χ3v) is 3.35. The summed E-state index contributed by atoms with van der Waals surface area (Å²) in [5.74, 6) is 6.53. The Labute approximate surface area is 119 Å².